The highest BCUT2D eigenvalue weighted by molar-refractivity contribution is 6.32. The van der Waals surface area contributed by atoms with Crippen LogP contribution in [0.1, 0.15) is 56.9 Å². The fourth-order valence-electron chi connectivity index (χ4n) is 4.39. The molecule has 7 heteroatoms. The lowest BCUT2D eigenvalue weighted by molar-refractivity contribution is -0.119. The van der Waals surface area contributed by atoms with E-state index in [2.05, 4.69) is 10.6 Å². The highest BCUT2D eigenvalue weighted by Gasteiger charge is 2.25. The van der Waals surface area contributed by atoms with Crippen LogP contribution < -0.4 is 15.4 Å². The maximum Gasteiger partial charge on any atom is 0.252 e. The van der Waals surface area contributed by atoms with Gasteiger partial charge in [-0.3, -0.25) is 9.59 Å². The molecule has 2 aliphatic carbocycles. The Morgan fingerprint density at radius 2 is 1.64 bits per heavy atom. The Kier molecular flexibility index (Phi) is 7.65. The Bertz CT molecular complexity index is 1050. The molecular weight excluding hydrogens is 443 g/mol. The summed E-state index contributed by atoms with van der Waals surface area (Å²) in [7, 11) is 0. The second kappa shape index (κ2) is 10.8. The van der Waals surface area contributed by atoms with Gasteiger partial charge in [0.2, 0.25) is 5.91 Å². The Hall–Kier alpha value is -2.86. The largest absolute Gasteiger partial charge is 0.489 e. The van der Waals surface area contributed by atoms with Crippen molar-refractivity contribution in [3.05, 3.63) is 70.0 Å². The Morgan fingerprint density at radius 3 is 2.33 bits per heavy atom. The highest BCUT2D eigenvalue weighted by atomic mass is 35.5. The molecule has 0 bridgehead atoms. The van der Waals surface area contributed by atoms with Gasteiger partial charge in [0, 0.05) is 23.8 Å². The van der Waals surface area contributed by atoms with Gasteiger partial charge in [-0.25, -0.2) is 4.39 Å². The number of ether oxygens (including phenoxy) is 1. The molecular formula is C26H28ClFN2O3. The van der Waals surface area contributed by atoms with E-state index in [-0.39, 0.29) is 22.7 Å². The molecule has 0 radical (unpaired) electrons. The van der Waals surface area contributed by atoms with E-state index in [0.29, 0.717) is 36.3 Å². The molecule has 4 rings (SSSR count). The molecule has 2 aliphatic rings. The third kappa shape index (κ3) is 5.93. The van der Waals surface area contributed by atoms with Crippen LogP contribution in [0.5, 0.6) is 5.75 Å². The van der Waals surface area contributed by atoms with Crippen molar-refractivity contribution >= 4 is 29.1 Å². The summed E-state index contributed by atoms with van der Waals surface area (Å²) in [5, 5.41) is 5.71. The average Bonchev–Trinajstić information content (AvgIpc) is 3.34. The zero-order valence-corrected chi connectivity index (χ0v) is 19.2. The lowest BCUT2D eigenvalue weighted by atomic mass is 9.90. The summed E-state index contributed by atoms with van der Waals surface area (Å²) < 4.78 is 20.5. The van der Waals surface area contributed by atoms with E-state index >= 15 is 0 Å². The number of nitrogens with one attached hydrogen (secondary N) is 2. The van der Waals surface area contributed by atoms with Crippen molar-refractivity contribution in [3.8, 4) is 5.75 Å². The first kappa shape index (κ1) is 23.3. The summed E-state index contributed by atoms with van der Waals surface area (Å²) in [4.78, 5) is 25.9. The van der Waals surface area contributed by atoms with Gasteiger partial charge >= 0.3 is 0 Å². The molecule has 5 nitrogen and oxygen atoms in total. The van der Waals surface area contributed by atoms with E-state index in [4.69, 9.17) is 16.3 Å². The maximum absolute atomic E-state index is 14.6. The Morgan fingerprint density at radius 1 is 0.970 bits per heavy atom. The predicted molar refractivity (Wildman–Crippen MR) is 127 cm³/mol. The summed E-state index contributed by atoms with van der Waals surface area (Å²) >= 11 is 6.18. The SMILES string of the molecule is O=C(NCc1ccccc1)C1=C(C(=O)Nc2cc(OC3CCCC3)c(Cl)cc2F)CCCC1. The standard InChI is InChI=1S/C26H28ClFN2O3/c27-21-14-22(28)23(15-24(21)33-18-10-4-5-11-18)30-26(32)20-13-7-6-12-19(20)25(31)29-16-17-8-2-1-3-9-17/h1-3,8-9,14-15,18H,4-7,10-13,16H2,(H,29,31)(H,30,32). The molecule has 1 fully saturated rings. The molecule has 2 aromatic rings. The monoisotopic (exact) mass is 470 g/mol. The number of rotatable bonds is 7. The van der Waals surface area contributed by atoms with Crippen molar-refractivity contribution in [2.45, 2.75) is 64.0 Å². The topological polar surface area (TPSA) is 67.4 Å². The smallest absolute Gasteiger partial charge is 0.252 e. The average molecular weight is 471 g/mol. The molecule has 2 N–H and O–H groups in total. The number of amides is 2. The molecule has 0 spiro atoms. The van der Waals surface area contributed by atoms with Crippen LogP contribution in [0.4, 0.5) is 10.1 Å². The molecule has 0 aromatic heterocycles. The predicted octanol–water partition coefficient (Wildman–Crippen LogP) is 5.93. The molecule has 2 amide bonds. The summed E-state index contributed by atoms with van der Waals surface area (Å²) in [6.45, 7) is 0.381. The van der Waals surface area contributed by atoms with Crippen LogP contribution in [0.25, 0.3) is 0 Å². The minimum absolute atomic E-state index is 0.000450. The molecule has 0 unspecified atom stereocenters. The van der Waals surface area contributed by atoms with Gasteiger partial charge in [0.15, 0.2) is 0 Å². The Balaban J connectivity index is 1.49. The normalized spacial score (nSPS) is 16.5. The minimum Gasteiger partial charge on any atom is -0.489 e. The molecule has 2 aromatic carbocycles. The third-order valence-electron chi connectivity index (χ3n) is 6.18. The number of carbonyl (C=O) groups is 2. The number of halogens is 2. The molecule has 0 saturated heterocycles. The molecule has 174 valence electrons. The van der Waals surface area contributed by atoms with Gasteiger partial charge in [0.1, 0.15) is 11.6 Å². The van der Waals surface area contributed by atoms with E-state index in [0.717, 1.165) is 50.2 Å². The van der Waals surface area contributed by atoms with Crippen LogP contribution >= 0.6 is 11.6 Å². The van der Waals surface area contributed by atoms with Crippen LogP contribution in [0.3, 0.4) is 0 Å². The number of hydrogen-bond donors (Lipinski definition) is 2. The van der Waals surface area contributed by atoms with Crippen molar-refractivity contribution in [1.29, 1.82) is 0 Å². The van der Waals surface area contributed by atoms with Gasteiger partial charge in [0.25, 0.3) is 5.91 Å². The van der Waals surface area contributed by atoms with Crippen LogP contribution in [-0.2, 0) is 16.1 Å². The maximum atomic E-state index is 14.6. The summed E-state index contributed by atoms with van der Waals surface area (Å²) in [6, 6.07) is 12.2. The van der Waals surface area contributed by atoms with Crippen LogP contribution in [0.15, 0.2) is 53.6 Å². The lowest BCUT2D eigenvalue weighted by Crippen LogP contribution is -2.29. The van der Waals surface area contributed by atoms with Gasteiger partial charge in [-0.2, -0.15) is 0 Å². The molecule has 1 saturated carbocycles. The van der Waals surface area contributed by atoms with Crippen LogP contribution in [0.2, 0.25) is 5.02 Å². The Labute approximate surface area is 198 Å². The number of hydrogen-bond acceptors (Lipinski definition) is 3. The summed E-state index contributed by atoms with van der Waals surface area (Å²) in [5.74, 6) is -1.00. The first-order valence-corrected chi connectivity index (χ1v) is 11.9. The first-order chi connectivity index (χ1) is 16.0. The third-order valence-corrected chi connectivity index (χ3v) is 6.47. The van der Waals surface area contributed by atoms with Crippen molar-refractivity contribution in [3.63, 3.8) is 0 Å². The second-order valence-corrected chi connectivity index (χ2v) is 8.98. The van der Waals surface area contributed by atoms with E-state index in [9.17, 15) is 14.0 Å². The van der Waals surface area contributed by atoms with Crippen molar-refractivity contribution in [2.75, 3.05) is 5.32 Å². The van der Waals surface area contributed by atoms with Crippen LogP contribution in [-0.4, -0.2) is 17.9 Å². The van der Waals surface area contributed by atoms with Crippen molar-refractivity contribution in [2.24, 2.45) is 0 Å². The van der Waals surface area contributed by atoms with Gasteiger partial charge in [0.05, 0.1) is 16.8 Å². The number of benzene rings is 2. The quantitative estimate of drug-likeness (QED) is 0.527. The molecule has 0 atom stereocenters. The van der Waals surface area contributed by atoms with Crippen molar-refractivity contribution < 1.29 is 18.7 Å². The van der Waals surface area contributed by atoms with Gasteiger partial charge in [-0.05, 0) is 63.0 Å². The molecule has 33 heavy (non-hydrogen) atoms. The zero-order valence-electron chi connectivity index (χ0n) is 18.5. The second-order valence-electron chi connectivity index (χ2n) is 8.57. The minimum atomic E-state index is -0.640. The van der Waals surface area contributed by atoms with E-state index in [1.807, 2.05) is 30.3 Å². The molecule has 0 aliphatic heterocycles. The number of carbonyl (C=O) groups excluding carboxylic acids is 2. The summed E-state index contributed by atoms with van der Waals surface area (Å²) in [5.41, 5.74) is 1.84. The summed E-state index contributed by atoms with van der Waals surface area (Å²) in [6.07, 6.45) is 6.73. The van der Waals surface area contributed by atoms with E-state index in [1.165, 1.54) is 6.07 Å². The fraction of sp³-hybridized carbons (Fsp3) is 0.385. The lowest BCUT2D eigenvalue weighted by Gasteiger charge is -2.20. The highest BCUT2D eigenvalue weighted by Crippen LogP contribution is 2.34. The first-order valence-electron chi connectivity index (χ1n) is 11.5. The van der Waals surface area contributed by atoms with E-state index in [1.54, 1.807) is 0 Å². The zero-order chi connectivity index (χ0) is 23.2. The van der Waals surface area contributed by atoms with Gasteiger partial charge in [-0.1, -0.05) is 41.9 Å². The van der Waals surface area contributed by atoms with E-state index < -0.39 is 11.7 Å². The molecule has 0 heterocycles. The van der Waals surface area contributed by atoms with Gasteiger partial charge in [-0.15, -0.1) is 0 Å². The fourth-order valence-corrected chi connectivity index (χ4v) is 4.59. The van der Waals surface area contributed by atoms with Gasteiger partial charge < -0.3 is 15.4 Å². The van der Waals surface area contributed by atoms with Crippen LogP contribution in [0, 0.1) is 5.82 Å². The van der Waals surface area contributed by atoms with Crippen molar-refractivity contribution in [1.82, 2.24) is 5.32 Å². The number of anilines is 1.